The second-order valence-electron chi connectivity index (χ2n) is 8.34. The highest BCUT2D eigenvalue weighted by Crippen LogP contribution is 2.20. The summed E-state index contributed by atoms with van der Waals surface area (Å²) in [4.78, 5) is 40.1. The largest absolute Gasteiger partial charge is 0.354 e. The summed E-state index contributed by atoms with van der Waals surface area (Å²) in [6.07, 6.45) is 2.17. The van der Waals surface area contributed by atoms with E-state index in [4.69, 9.17) is 0 Å². The Balaban J connectivity index is 1.62. The molecule has 1 aromatic carbocycles. The van der Waals surface area contributed by atoms with Gasteiger partial charge in [-0.1, -0.05) is 26.0 Å². The molecular formula is C22H32N4O3. The van der Waals surface area contributed by atoms with Gasteiger partial charge in [-0.2, -0.15) is 0 Å². The van der Waals surface area contributed by atoms with Crippen molar-refractivity contribution in [2.75, 3.05) is 26.2 Å². The molecule has 7 heteroatoms. The van der Waals surface area contributed by atoms with E-state index in [2.05, 4.69) is 24.1 Å². The summed E-state index contributed by atoms with van der Waals surface area (Å²) in [7, 11) is 0. The first kappa shape index (κ1) is 21.3. The van der Waals surface area contributed by atoms with Gasteiger partial charge in [0.05, 0.1) is 10.9 Å². The molecule has 0 radical (unpaired) electrons. The smallest absolute Gasteiger partial charge is 0.331 e. The topological polar surface area (TPSA) is 76.3 Å². The van der Waals surface area contributed by atoms with Crippen LogP contribution in [-0.2, 0) is 17.9 Å². The summed E-state index contributed by atoms with van der Waals surface area (Å²) >= 11 is 0. The van der Waals surface area contributed by atoms with Crippen molar-refractivity contribution in [2.24, 2.45) is 11.8 Å². The molecule has 3 rings (SSSR count). The number of carbonyl (C=O) groups excluding carboxylic acids is 1. The Bertz CT molecular complexity index is 968. The van der Waals surface area contributed by atoms with Gasteiger partial charge in [-0.15, -0.1) is 0 Å². The zero-order chi connectivity index (χ0) is 21.0. The number of benzene rings is 1. The fourth-order valence-electron chi connectivity index (χ4n) is 4.51. The van der Waals surface area contributed by atoms with Crippen molar-refractivity contribution in [1.82, 2.24) is 19.4 Å². The lowest BCUT2D eigenvalue weighted by molar-refractivity contribution is -0.121. The number of hydrogen-bond donors (Lipinski definition) is 1. The van der Waals surface area contributed by atoms with Gasteiger partial charge in [-0.3, -0.25) is 18.7 Å². The molecule has 1 fully saturated rings. The van der Waals surface area contributed by atoms with Crippen LogP contribution in [0.4, 0.5) is 0 Å². The highest BCUT2D eigenvalue weighted by molar-refractivity contribution is 5.81. The third-order valence-corrected chi connectivity index (χ3v) is 5.67. The molecule has 1 saturated heterocycles. The van der Waals surface area contributed by atoms with Crippen LogP contribution in [-0.4, -0.2) is 46.1 Å². The Hall–Kier alpha value is -2.41. The number of hydrogen-bond acceptors (Lipinski definition) is 4. The van der Waals surface area contributed by atoms with E-state index >= 15 is 0 Å². The van der Waals surface area contributed by atoms with Gasteiger partial charge in [0.1, 0.15) is 6.54 Å². The van der Waals surface area contributed by atoms with E-state index in [1.165, 1.54) is 15.6 Å². The van der Waals surface area contributed by atoms with Gasteiger partial charge in [-0.05, 0) is 50.3 Å². The Kier molecular flexibility index (Phi) is 6.90. The van der Waals surface area contributed by atoms with E-state index in [1.54, 1.807) is 31.2 Å². The van der Waals surface area contributed by atoms with Crippen LogP contribution < -0.4 is 16.6 Å². The number of para-hydroxylation sites is 1. The van der Waals surface area contributed by atoms with Crippen LogP contribution in [0.5, 0.6) is 0 Å². The number of carbonyl (C=O) groups is 1. The quantitative estimate of drug-likeness (QED) is 0.718. The van der Waals surface area contributed by atoms with Crippen LogP contribution in [0.25, 0.3) is 10.9 Å². The van der Waals surface area contributed by atoms with Crippen LogP contribution >= 0.6 is 0 Å². The van der Waals surface area contributed by atoms with Crippen molar-refractivity contribution in [3.63, 3.8) is 0 Å². The molecule has 1 aromatic heterocycles. The number of nitrogens with zero attached hydrogens (tertiary/aromatic N) is 3. The number of aromatic nitrogens is 2. The van der Waals surface area contributed by atoms with Crippen LogP contribution in [0.3, 0.4) is 0 Å². The second-order valence-corrected chi connectivity index (χ2v) is 8.34. The third kappa shape index (κ3) is 4.96. The van der Waals surface area contributed by atoms with Gasteiger partial charge in [0.2, 0.25) is 5.91 Å². The standard InChI is InChI=1S/C22H32N4O3/c1-4-25-21(28)18-8-5-6-9-19(18)26(22(25)29)15-20(27)23-10-7-11-24-13-16(2)12-17(3)14-24/h5-6,8-9,16-17H,4,7,10-15H2,1-3H3,(H,23,27). The maximum absolute atomic E-state index is 12.7. The monoisotopic (exact) mass is 400 g/mol. The number of piperidine rings is 1. The Morgan fingerprint density at radius 3 is 2.48 bits per heavy atom. The minimum atomic E-state index is -0.442. The van der Waals surface area contributed by atoms with Gasteiger partial charge in [0.15, 0.2) is 0 Å². The molecular weight excluding hydrogens is 368 g/mol. The number of rotatable bonds is 7. The van der Waals surface area contributed by atoms with E-state index < -0.39 is 5.69 Å². The van der Waals surface area contributed by atoms with E-state index in [0.717, 1.165) is 37.9 Å². The van der Waals surface area contributed by atoms with Crippen molar-refractivity contribution in [3.8, 4) is 0 Å². The molecule has 29 heavy (non-hydrogen) atoms. The van der Waals surface area contributed by atoms with Crippen LogP contribution in [0.2, 0.25) is 0 Å². The predicted molar refractivity (Wildman–Crippen MR) is 115 cm³/mol. The van der Waals surface area contributed by atoms with E-state index in [1.807, 2.05) is 0 Å². The average Bonchev–Trinajstić information content (AvgIpc) is 2.68. The summed E-state index contributed by atoms with van der Waals surface area (Å²) < 4.78 is 2.57. The second kappa shape index (κ2) is 9.39. The molecule has 1 amide bonds. The van der Waals surface area contributed by atoms with Gasteiger partial charge in [-0.25, -0.2) is 4.79 Å². The Morgan fingerprint density at radius 1 is 1.10 bits per heavy atom. The molecule has 1 aliphatic rings. The molecule has 2 heterocycles. The van der Waals surface area contributed by atoms with Crippen molar-refractivity contribution in [3.05, 3.63) is 45.1 Å². The van der Waals surface area contributed by atoms with Crippen LogP contribution in [0.15, 0.2) is 33.9 Å². The number of amides is 1. The molecule has 7 nitrogen and oxygen atoms in total. The lowest BCUT2D eigenvalue weighted by Crippen LogP contribution is -2.43. The molecule has 2 unspecified atom stereocenters. The Morgan fingerprint density at radius 2 is 1.79 bits per heavy atom. The van der Waals surface area contributed by atoms with E-state index in [9.17, 15) is 14.4 Å². The van der Waals surface area contributed by atoms with Gasteiger partial charge < -0.3 is 10.2 Å². The first-order valence-corrected chi connectivity index (χ1v) is 10.6. The zero-order valence-electron chi connectivity index (χ0n) is 17.7. The first-order valence-electron chi connectivity index (χ1n) is 10.6. The fraction of sp³-hybridized carbons (Fsp3) is 0.591. The number of nitrogens with one attached hydrogen (secondary N) is 1. The van der Waals surface area contributed by atoms with Crippen molar-refractivity contribution in [2.45, 2.75) is 46.7 Å². The molecule has 158 valence electrons. The number of fused-ring (bicyclic) bond motifs is 1. The predicted octanol–water partition coefficient (Wildman–Crippen LogP) is 1.67. The molecule has 1 N–H and O–H groups in total. The summed E-state index contributed by atoms with van der Waals surface area (Å²) in [5.41, 5.74) is -0.254. The Labute approximate surface area is 171 Å². The fourth-order valence-corrected chi connectivity index (χ4v) is 4.51. The highest BCUT2D eigenvalue weighted by atomic mass is 16.2. The highest BCUT2D eigenvalue weighted by Gasteiger charge is 2.21. The van der Waals surface area contributed by atoms with Crippen LogP contribution in [0, 0.1) is 11.8 Å². The molecule has 0 bridgehead atoms. The van der Waals surface area contributed by atoms with Crippen molar-refractivity contribution in [1.29, 1.82) is 0 Å². The maximum Gasteiger partial charge on any atom is 0.331 e. The first-order chi connectivity index (χ1) is 13.9. The minimum absolute atomic E-state index is 0.0859. The molecule has 2 aromatic rings. The van der Waals surface area contributed by atoms with E-state index in [-0.39, 0.29) is 24.6 Å². The molecule has 2 atom stereocenters. The van der Waals surface area contributed by atoms with Crippen molar-refractivity contribution < 1.29 is 4.79 Å². The number of likely N-dealkylation sites (tertiary alicyclic amines) is 1. The average molecular weight is 401 g/mol. The molecule has 0 spiro atoms. The summed E-state index contributed by atoms with van der Waals surface area (Å²) in [6, 6.07) is 6.94. The minimum Gasteiger partial charge on any atom is -0.354 e. The van der Waals surface area contributed by atoms with Gasteiger partial charge in [0.25, 0.3) is 5.56 Å². The van der Waals surface area contributed by atoms with Gasteiger partial charge >= 0.3 is 5.69 Å². The van der Waals surface area contributed by atoms with E-state index in [0.29, 0.717) is 17.4 Å². The SMILES string of the molecule is CCn1c(=O)c2ccccc2n(CC(=O)NCCCN2CC(C)CC(C)C2)c1=O. The summed E-state index contributed by atoms with van der Waals surface area (Å²) in [5, 5.41) is 3.38. The maximum atomic E-state index is 12.7. The van der Waals surface area contributed by atoms with Crippen molar-refractivity contribution >= 4 is 16.8 Å². The van der Waals surface area contributed by atoms with Crippen LogP contribution in [0.1, 0.15) is 33.6 Å². The normalized spacial score (nSPS) is 20.1. The zero-order valence-corrected chi connectivity index (χ0v) is 17.7. The molecule has 0 aliphatic carbocycles. The molecule has 1 aliphatic heterocycles. The summed E-state index contributed by atoms with van der Waals surface area (Å²) in [5.74, 6) is 1.24. The third-order valence-electron chi connectivity index (χ3n) is 5.67. The van der Waals surface area contributed by atoms with Gasteiger partial charge in [0, 0.05) is 26.2 Å². The molecule has 0 saturated carbocycles. The lowest BCUT2D eigenvalue weighted by atomic mass is 9.92. The lowest BCUT2D eigenvalue weighted by Gasteiger charge is -2.34. The summed E-state index contributed by atoms with van der Waals surface area (Å²) in [6.45, 7) is 10.3.